The van der Waals surface area contributed by atoms with Crippen molar-refractivity contribution in [2.24, 2.45) is 0 Å². The van der Waals surface area contributed by atoms with Gasteiger partial charge in [0, 0.05) is 6.20 Å². The molecule has 20 heavy (non-hydrogen) atoms. The molecule has 0 fully saturated rings. The van der Waals surface area contributed by atoms with Crippen molar-refractivity contribution in [1.29, 1.82) is 0 Å². The summed E-state index contributed by atoms with van der Waals surface area (Å²) in [5.41, 5.74) is 6.42. The third-order valence-electron chi connectivity index (χ3n) is 3.20. The molecule has 4 nitrogen and oxygen atoms in total. The maximum Gasteiger partial charge on any atom is 0.180 e. The molecular weight excluding hydrogens is 272 g/mol. The molecule has 0 saturated heterocycles. The number of aliphatic hydroxyl groups is 1. The summed E-state index contributed by atoms with van der Waals surface area (Å²) in [6.07, 6.45) is 0.916. The Hall–Kier alpha value is -2.11. The van der Waals surface area contributed by atoms with Gasteiger partial charge in [-0.2, -0.15) is 0 Å². The Bertz CT molecular complexity index is 754. The lowest BCUT2D eigenvalue weighted by molar-refractivity contribution is 0.224. The van der Waals surface area contributed by atoms with E-state index in [1.807, 2.05) is 36.4 Å². The third kappa shape index (κ3) is 2.33. The van der Waals surface area contributed by atoms with E-state index in [4.69, 9.17) is 10.5 Å². The highest BCUT2D eigenvalue weighted by molar-refractivity contribution is 7.15. The van der Waals surface area contributed by atoms with Crippen LogP contribution in [0.2, 0.25) is 0 Å². The van der Waals surface area contributed by atoms with Crippen LogP contribution in [0.1, 0.15) is 16.5 Å². The summed E-state index contributed by atoms with van der Waals surface area (Å²) in [4.78, 5) is 4.71. The van der Waals surface area contributed by atoms with Crippen molar-refractivity contribution in [3.8, 4) is 5.75 Å². The molecule has 2 aromatic carbocycles. The molecule has 1 unspecified atom stereocenters. The van der Waals surface area contributed by atoms with E-state index in [1.165, 1.54) is 11.3 Å². The molecular formula is C15H14N2O2S. The smallest absolute Gasteiger partial charge is 0.180 e. The van der Waals surface area contributed by atoms with Crippen molar-refractivity contribution in [3.05, 3.63) is 53.0 Å². The number of nitrogen functional groups attached to an aromatic ring is 1. The highest BCUT2D eigenvalue weighted by atomic mass is 32.1. The minimum absolute atomic E-state index is 0.463. The lowest BCUT2D eigenvalue weighted by atomic mass is 10.0. The zero-order chi connectivity index (χ0) is 14.1. The van der Waals surface area contributed by atoms with Crippen LogP contribution in [-0.4, -0.2) is 17.2 Å². The molecule has 102 valence electrons. The number of thiazole rings is 1. The molecule has 0 aliphatic carbocycles. The maximum absolute atomic E-state index is 10.4. The molecule has 3 rings (SSSR count). The van der Waals surface area contributed by atoms with Crippen LogP contribution in [0.4, 0.5) is 5.13 Å². The Balaban J connectivity index is 2.00. The van der Waals surface area contributed by atoms with E-state index < -0.39 is 6.10 Å². The summed E-state index contributed by atoms with van der Waals surface area (Å²) in [5.74, 6) is 0.820. The first kappa shape index (κ1) is 12.9. The topological polar surface area (TPSA) is 68.4 Å². The largest absolute Gasteiger partial charge is 0.497 e. The highest BCUT2D eigenvalue weighted by Crippen LogP contribution is 2.30. The molecule has 0 bridgehead atoms. The fourth-order valence-electron chi connectivity index (χ4n) is 2.13. The van der Waals surface area contributed by atoms with Crippen LogP contribution >= 0.6 is 11.3 Å². The Labute approximate surface area is 120 Å². The summed E-state index contributed by atoms with van der Waals surface area (Å²) in [5, 5.41) is 12.9. The summed E-state index contributed by atoms with van der Waals surface area (Å²) in [6.45, 7) is 0. The van der Waals surface area contributed by atoms with Gasteiger partial charge in [0.15, 0.2) is 5.13 Å². The zero-order valence-electron chi connectivity index (χ0n) is 10.9. The lowest BCUT2D eigenvalue weighted by Crippen LogP contribution is -1.96. The summed E-state index contributed by atoms with van der Waals surface area (Å²) in [7, 11) is 1.65. The Morgan fingerprint density at radius 2 is 1.95 bits per heavy atom. The average molecular weight is 286 g/mol. The van der Waals surface area contributed by atoms with Crippen molar-refractivity contribution < 1.29 is 9.84 Å². The molecule has 1 aromatic heterocycles. The van der Waals surface area contributed by atoms with Gasteiger partial charge in [0.2, 0.25) is 0 Å². The first-order valence-electron chi connectivity index (χ1n) is 6.14. The fourth-order valence-corrected chi connectivity index (χ4v) is 2.83. The molecule has 1 atom stereocenters. The molecule has 3 N–H and O–H groups in total. The number of aromatic nitrogens is 1. The number of nitrogens with two attached hydrogens (primary N) is 1. The van der Waals surface area contributed by atoms with Crippen LogP contribution in [0.15, 0.2) is 42.6 Å². The lowest BCUT2D eigenvalue weighted by Gasteiger charge is -2.10. The van der Waals surface area contributed by atoms with Gasteiger partial charge in [0.1, 0.15) is 11.9 Å². The number of methoxy groups -OCH3 is 1. The molecule has 1 heterocycles. The van der Waals surface area contributed by atoms with Crippen LogP contribution in [0.5, 0.6) is 5.75 Å². The summed E-state index contributed by atoms with van der Waals surface area (Å²) < 4.78 is 5.20. The first-order chi connectivity index (χ1) is 9.67. The number of benzene rings is 2. The predicted molar refractivity (Wildman–Crippen MR) is 81.1 cm³/mol. The summed E-state index contributed by atoms with van der Waals surface area (Å²) in [6, 6.07) is 11.7. The second kappa shape index (κ2) is 5.11. The van der Waals surface area contributed by atoms with Gasteiger partial charge in [0.05, 0.1) is 12.0 Å². The Kier molecular flexibility index (Phi) is 3.30. The van der Waals surface area contributed by atoms with Crippen LogP contribution in [0, 0.1) is 0 Å². The number of aliphatic hydroxyl groups excluding tert-OH is 1. The molecule has 0 aliphatic heterocycles. The molecule has 0 amide bonds. The highest BCUT2D eigenvalue weighted by Gasteiger charge is 2.14. The minimum Gasteiger partial charge on any atom is -0.497 e. The van der Waals surface area contributed by atoms with Crippen molar-refractivity contribution in [2.75, 3.05) is 12.8 Å². The van der Waals surface area contributed by atoms with E-state index in [0.29, 0.717) is 5.13 Å². The second-order valence-electron chi connectivity index (χ2n) is 4.48. The Morgan fingerprint density at radius 1 is 1.20 bits per heavy atom. The fraction of sp³-hybridized carbons (Fsp3) is 0.133. The normalized spacial score (nSPS) is 12.5. The number of hydrogen-bond acceptors (Lipinski definition) is 5. The monoisotopic (exact) mass is 286 g/mol. The van der Waals surface area contributed by atoms with E-state index in [9.17, 15) is 5.11 Å². The van der Waals surface area contributed by atoms with Crippen LogP contribution in [0.25, 0.3) is 10.8 Å². The van der Waals surface area contributed by atoms with Crippen molar-refractivity contribution in [2.45, 2.75) is 6.10 Å². The second-order valence-corrected chi connectivity index (χ2v) is 5.57. The molecule has 0 saturated carbocycles. The first-order valence-corrected chi connectivity index (χ1v) is 6.96. The van der Waals surface area contributed by atoms with Crippen molar-refractivity contribution in [3.63, 3.8) is 0 Å². The van der Waals surface area contributed by atoms with Gasteiger partial charge < -0.3 is 15.6 Å². The quantitative estimate of drug-likeness (QED) is 0.776. The summed E-state index contributed by atoms with van der Waals surface area (Å²) >= 11 is 1.30. The molecule has 0 aliphatic rings. The number of hydrogen-bond donors (Lipinski definition) is 2. The number of nitrogens with zero attached hydrogens (tertiary/aromatic N) is 1. The Morgan fingerprint density at radius 3 is 2.65 bits per heavy atom. The van der Waals surface area contributed by atoms with Crippen molar-refractivity contribution >= 4 is 27.2 Å². The van der Waals surface area contributed by atoms with E-state index in [1.54, 1.807) is 13.3 Å². The van der Waals surface area contributed by atoms with Crippen LogP contribution < -0.4 is 10.5 Å². The van der Waals surface area contributed by atoms with Gasteiger partial charge in [-0.3, -0.25) is 0 Å². The SMILES string of the molecule is COc1ccc2cc(C(O)c3cnc(N)s3)ccc2c1. The zero-order valence-corrected chi connectivity index (χ0v) is 11.7. The average Bonchev–Trinajstić information content (AvgIpc) is 2.92. The standard InChI is InChI=1S/C15H14N2O2S/c1-19-12-5-4-9-6-11(3-2-10(9)7-12)14(18)13-8-17-15(16)20-13/h2-8,14,18H,1H3,(H2,16,17). The van der Waals surface area contributed by atoms with Crippen molar-refractivity contribution in [1.82, 2.24) is 4.98 Å². The third-order valence-corrected chi connectivity index (χ3v) is 4.08. The number of rotatable bonds is 3. The van der Waals surface area contributed by atoms with E-state index in [-0.39, 0.29) is 0 Å². The van der Waals surface area contributed by atoms with Crippen LogP contribution in [-0.2, 0) is 0 Å². The van der Waals surface area contributed by atoms with E-state index in [0.717, 1.165) is 27.0 Å². The van der Waals surface area contributed by atoms with E-state index in [2.05, 4.69) is 4.98 Å². The minimum atomic E-state index is -0.698. The molecule has 3 aromatic rings. The van der Waals surface area contributed by atoms with Crippen LogP contribution in [0.3, 0.4) is 0 Å². The number of anilines is 1. The van der Waals surface area contributed by atoms with E-state index >= 15 is 0 Å². The molecule has 0 spiro atoms. The maximum atomic E-state index is 10.4. The van der Waals surface area contributed by atoms with Gasteiger partial charge in [-0.1, -0.05) is 29.5 Å². The van der Waals surface area contributed by atoms with Gasteiger partial charge in [-0.15, -0.1) is 0 Å². The number of fused-ring (bicyclic) bond motifs is 1. The van der Waals surface area contributed by atoms with Gasteiger partial charge >= 0.3 is 0 Å². The molecule has 5 heteroatoms. The molecule has 0 radical (unpaired) electrons. The van der Waals surface area contributed by atoms with Gasteiger partial charge in [-0.25, -0.2) is 4.98 Å². The van der Waals surface area contributed by atoms with Gasteiger partial charge in [0.25, 0.3) is 0 Å². The predicted octanol–water partition coefficient (Wildman–Crippen LogP) is 2.97. The number of ether oxygens (including phenoxy) is 1. The van der Waals surface area contributed by atoms with Gasteiger partial charge in [-0.05, 0) is 34.5 Å².